The van der Waals surface area contributed by atoms with Crippen LogP contribution in [0.1, 0.15) is 25.7 Å². The van der Waals surface area contributed by atoms with E-state index in [1.54, 1.807) is 0 Å². The molecule has 0 heterocycles. The van der Waals surface area contributed by atoms with E-state index in [-0.39, 0.29) is 0 Å². The van der Waals surface area contributed by atoms with E-state index in [1.165, 1.54) is 25.8 Å². The molecule has 0 radical (unpaired) electrons. The fraction of sp³-hybridized carbons (Fsp3) is 0.667. The van der Waals surface area contributed by atoms with E-state index in [0.29, 0.717) is 0 Å². The molecule has 18 heavy (non-hydrogen) atoms. The van der Waals surface area contributed by atoms with Gasteiger partial charge in [0.1, 0.15) is 0 Å². The Kier molecular flexibility index (Phi) is 10.4. The maximum absolute atomic E-state index is 9.10. The molecule has 5 nitrogen and oxygen atoms in total. The molecule has 6 heteroatoms. The second kappa shape index (κ2) is 11.0. The molecule has 0 aliphatic heterocycles. The Balaban J connectivity index is 0.000000411. The number of rotatable bonds is 5. The maximum atomic E-state index is 9.10. The average Bonchev–Trinajstić information content (AvgIpc) is 2.36. The summed E-state index contributed by atoms with van der Waals surface area (Å²) in [5.41, 5.74) is 0. The summed E-state index contributed by atoms with van der Waals surface area (Å²) in [6.07, 6.45) is 9.55. The Labute approximate surface area is 112 Å². The van der Waals surface area contributed by atoms with E-state index in [9.17, 15) is 0 Å². The topological polar surface area (TPSA) is 86.6 Å². The van der Waals surface area contributed by atoms with Crippen molar-refractivity contribution in [2.24, 2.45) is 5.92 Å². The van der Waals surface area contributed by atoms with Crippen molar-refractivity contribution < 1.29 is 19.8 Å². The van der Waals surface area contributed by atoms with Crippen molar-refractivity contribution in [3.63, 3.8) is 0 Å². The molecule has 0 aromatic rings. The summed E-state index contributed by atoms with van der Waals surface area (Å²) in [7, 11) is 0. The Morgan fingerprint density at radius 3 is 2.39 bits per heavy atom. The van der Waals surface area contributed by atoms with Gasteiger partial charge in [-0.2, -0.15) is 0 Å². The standard InChI is InChI=1S/C10H18ClN.C2H2O4/c11-7-4-8-12-9-10-5-2-1-3-6-10;3-1(4)2(5)6/h1-2,10,12H,3-9H2;(H,3,4)(H,5,6). The highest BCUT2D eigenvalue weighted by Gasteiger charge is 2.08. The average molecular weight is 278 g/mol. The number of carboxylic acids is 2. The monoisotopic (exact) mass is 277 g/mol. The molecule has 0 amide bonds. The third-order valence-electron chi connectivity index (χ3n) is 2.48. The predicted molar refractivity (Wildman–Crippen MR) is 70.0 cm³/mol. The number of carbonyl (C=O) groups is 2. The van der Waals surface area contributed by atoms with Gasteiger partial charge in [-0.25, -0.2) is 9.59 Å². The molecule has 1 rings (SSSR count). The van der Waals surface area contributed by atoms with E-state index in [4.69, 9.17) is 31.4 Å². The summed E-state index contributed by atoms with van der Waals surface area (Å²) in [5, 5.41) is 18.2. The summed E-state index contributed by atoms with van der Waals surface area (Å²) in [6.45, 7) is 2.24. The van der Waals surface area contributed by atoms with Crippen LogP contribution < -0.4 is 5.32 Å². The summed E-state index contributed by atoms with van der Waals surface area (Å²) < 4.78 is 0. The molecule has 0 saturated heterocycles. The largest absolute Gasteiger partial charge is 0.473 e. The lowest BCUT2D eigenvalue weighted by atomic mass is 9.94. The van der Waals surface area contributed by atoms with Crippen LogP contribution in [0.25, 0.3) is 0 Å². The van der Waals surface area contributed by atoms with E-state index >= 15 is 0 Å². The fourth-order valence-electron chi connectivity index (χ4n) is 1.54. The van der Waals surface area contributed by atoms with Crippen molar-refractivity contribution in [2.75, 3.05) is 19.0 Å². The van der Waals surface area contributed by atoms with Gasteiger partial charge in [0.25, 0.3) is 0 Å². The van der Waals surface area contributed by atoms with E-state index in [1.807, 2.05) is 0 Å². The molecule has 0 spiro atoms. The minimum absolute atomic E-state index is 0.775. The predicted octanol–water partition coefficient (Wildman–Crippen LogP) is 1.72. The zero-order valence-corrected chi connectivity index (χ0v) is 11.0. The van der Waals surface area contributed by atoms with Crippen molar-refractivity contribution in [1.29, 1.82) is 0 Å². The van der Waals surface area contributed by atoms with Gasteiger partial charge in [-0.3, -0.25) is 0 Å². The Morgan fingerprint density at radius 2 is 1.94 bits per heavy atom. The van der Waals surface area contributed by atoms with Crippen LogP contribution in [-0.4, -0.2) is 41.1 Å². The second-order valence-corrected chi connectivity index (χ2v) is 4.39. The minimum Gasteiger partial charge on any atom is -0.473 e. The van der Waals surface area contributed by atoms with Gasteiger partial charge < -0.3 is 15.5 Å². The molecular weight excluding hydrogens is 258 g/mol. The summed E-state index contributed by atoms with van der Waals surface area (Å²) in [6, 6.07) is 0. The smallest absolute Gasteiger partial charge is 0.414 e. The lowest BCUT2D eigenvalue weighted by Gasteiger charge is -2.17. The highest BCUT2D eigenvalue weighted by atomic mass is 35.5. The van der Waals surface area contributed by atoms with Gasteiger partial charge in [-0.05, 0) is 44.7 Å². The fourth-order valence-corrected chi connectivity index (χ4v) is 1.67. The van der Waals surface area contributed by atoms with Crippen LogP contribution in [0.5, 0.6) is 0 Å². The van der Waals surface area contributed by atoms with Gasteiger partial charge in [-0.1, -0.05) is 12.2 Å². The van der Waals surface area contributed by atoms with Gasteiger partial charge in [-0.15, -0.1) is 11.6 Å². The van der Waals surface area contributed by atoms with E-state index < -0.39 is 11.9 Å². The number of alkyl halides is 1. The van der Waals surface area contributed by atoms with Crippen molar-refractivity contribution in [3.8, 4) is 0 Å². The number of hydrogen-bond donors (Lipinski definition) is 3. The first-order valence-electron chi connectivity index (χ1n) is 5.95. The first-order chi connectivity index (χ1) is 8.57. The van der Waals surface area contributed by atoms with Crippen LogP contribution in [0, 0.1) is 5.92 Å². The summed E-state index contributed by atoms with van der Waals surface area (Å²) >= 11 is 5.57. The molecular formula is C12H20ClNO4. The first-order valence-corrected chi connectivity index (χ1v) is 6.49. The highest BCUT2D eigenvalue weighted by molar-refractivity contribution is 6.27. The molecule has 1 aliphatic carbocycles. The molecule has 104 valence electrons. The Morgan fingerprint density at radius 1 is 1.28 bits per heavy atom. The zero-order valence-electron chi connectivity index (χ0n) is 10.3. The molecule has 0 bridgehead atoms. The van der Waals surface area contributed by atoms with Gasteiger partial charge in [0.2, 0.25) is 0 Å². The molecule has 0 saturated carbocycles. The quantitative estimate of drug-likeness (QED) is 0.308. The van der Waals surface area contributed by atoms with Crippen molar-refractivity contribution >= 4 is 23.5 Å². The SMILES string of the molecule is ClCCCNCC1CC=CCC1.O=C(O)C(=O)O. The molecule has 0 fully saturated rings. The van der Waals surface area contributed by atoms with Crippen LogP contribution in [0.3, 0.4) is 0 Å². The number of aliphatic carboxylic acids is 2. The lowest BCUT2D eigenvalue weighted by molar-refractivity contribution is -0.159. The third kappa shape index (κ3) is 10.1. The van der Waals surface area contributed by atoms with Crippen LogP contribution in [-0.2, 0) is 9.59 Å². The Bertz CT molecular complexity index is 269. The summed E-state index contributed by atoms with van der Waals surface area (Å²) in [5.74, 6) is -2.01. The maximum Gasteiger partial charge on any atom is 0.414 e. The Hall–Kier alpha value is -1.07. The van der Waals surface area contributed by atoms with Gasteiger partial charge >= 0.3 is 11.9 Å². The number of hydrogen-bond acceptors (Lipinski definition) is 3. The lowest BCUT2D eigenvalue weighted by Crippen LogP contribution is -2.24. The van der Waals surface area contributed by atoms with Gasteiger partial charge in [0.05, 0.1) is 0 Å². The first kappa shape index (κ1) is 16.9. The van der Waals surface area contributed by atoms with E-state index in [0.717, 1.165) is 24.8 Å². The van der Waals surface area contributed by atoms with Crippen molar-refractivity contribution in [1.82, 2.24) is 5.32 Å². The highest BCUT2D eigenvalue weighted by Crippen LogP contribution is 2.16. The van der Waals surface area contributed by atoms with Crippen LogP contribution in [0.2, 0.25) is 0 Å². The minimum atomic E-state index is -1.82. The molecule has 3 N–H and O–H groups in total. The van der Waals surface area contributed by atoms with E-state index in [2.05, 4.69) is 17.5 Å². The number of allylic oxidation sites excluding steroid dienone is 2. The van der Waals surface area contributed by atoms with Crippen LogP contribution in [0.15, 0.2) is 12.2 Å². The third-order valence-corrected chi connectivity index (χ3v) is 2.75. The zero-order chi connectivity index (χ0) is 13.8. The molecule has 0 aromatic heterocycles. The van der Waals surface area contributed by atoms with Crippen molar-refractivity contribution in [3.05, 3.63) is 12.2 Å². The molecule has 1 atom stereocenters. The number of halogens is 1. The summed E-state index contributed by atoms with van der Waals surface area (Å²) in [4.78, 5) is 18.2. The van der Waals surface area contributed by atoms with Gasteiger partial charge in [0.15, 0.2) is 0 Å². The number of nitrogens with one attached hydrogen (secondary N) is 1. The van der Waals surface area contributed by atoms with Crippen LogP contribution >= 0.6 is 11.6 Å². The molecule has 0 aromatic carbocycles. The normalized spacial score (nSPS) is 17.7. The van der Waals surface area contributed by atoms with Gasteiger partial charge in [0, 0.05) is 5.88 Å². The van der Waals surface area contributed by atoms with Crippen LogP contribution in [0.4, 0.5) is 0 Å². The molecule has 1 aliphatic rings. The molecule has 1 unspecified atom stereocenters. The van der Waals surface area contributed by atoms with Crippen molar-refractivity contribution in [2.45, 2.75) is 25.7 Å². The number of carboxylic acid groups (broad SMARTS) is 2. The second-order valence-electron chi connectivity index (χ2n) is 4.01.